The van der Waals surface area contributed by atoms with E-state index in [0.717, 1.165) is 26.2 Å². The van der Waals surface area contributed by atoms with Crippen molar-refractivity contribution >= 4 is 24.0 Å². The van der Waals surface area contributed by atoms with Crippen LogP contribution in [0.15, 0.2) is 18.2 Å². The Labute approximate surface area is 117 Å². The second kappa shape index (κ2) is 7.26. The van der Waals surface area contributed by atoms with Crippen LogP contribution in [0.25, 0.3) is 0 Å². The highest BCUT2D eigenvalue weighted by atomic mass is 35.5. The van der Waals surface area contributed by atoms with Crippen LogP contribution in [-0.2, 0) is 0 Å². The molecule has 1 atom stereocenters. The van der Waals surface area contributed by atoms with Crippen LogP contribution in [0.4, 0.5) is 4.39 Å². The first-order valence-electron chi connectivity index (χ1n) is 5.73. The van der Waals surface area contributed by atoms with Gasteiger partial charge < -0.3 is 10.4 Å². The predicted molar refractivity (Wildman–Crippen MR) is 72.9 cm³/mol. The first kappa shape index (κ1) is 15.7. The standard InChI is InChI=1S/C12H16ClFN2O.ClH/c13-9-1-2-10(11(14)7-9)12(8-17)16-5-3-15-4-6-16;/h1-2,7,12,15,17H,3-6,8H2;1H/t12-;/m0./s1. The van der Waals surface area contributed by atoms with Gasteiger partial charge in [0.05, 0.1) is 12.6 Å². The highest BCUT2D eigenvalue weighted by Crippen LogP contribution is 2.25. The van der Waals surface area contributed by atoms with Crippen LogP contribution in [-0.4, -0.2) is 42.8 Å². The van der Waals surface area contributed by atoms with E-state index >= 15 is 0 Å². The van der Waals surface area contributed by atoms with Crippen LogP contribution in [0, 0.1) is 5.82 Å². The number of hydrogen-bond donors (Lipinski definition) is 2. The lowest BCUT2D eigenvalue weighted by Crippen LogP contribution is -2.46. The summed E-state index contributed by atoms with van der Waals surface area (Å²) < 4.78 is 13.8. The molecule has 0 amide bonds. The van der Waals surface area contributed by atoms with Crippen molar-refractivity contribution in [3.8, 4) is 0 Å². The molecule has 6 heteroatoms. The molecule has 1 saturated heterocycles. The van der Waals surface area contributed by atoms with Gasteiger partial charge in [0, 0.05) is 36.8 Å². The van der Waals surface area contributed by atoms with Gasteiger partial charge >= 0.3 is 0 Å². The third kappa shape index (κ3) is 3.56. The van der Waals surface area contributed by atoms with Crippen molar-refractivity contribution in [2.75, 3.05) is 32.8 Å². The first-order valence-corrected chi connectivity index (χ1v) is 6.10. The summed E-state index contributed by atoms with van der Waals surface area (Å²) in [5.41, 5.74) is 0.513. The molecular weight excluding hydrogens is 278 g/mol. The van der Waals surface area contributed by atoms with Gasteiger partial charge in [0.25, 0.3) is 0 Å². The fourth-order valence-corrected chi connectivity index (χ4v) is 2.33. The summed E-state index contributed by atoms with van der Waals surface area (Å²) in [4.78, 5) is 2.09. The Balaban J connectivity index is 0.00000162. The van der Waals surface area contributed by atoms with Crippen molar-refractivity contribution in [2.24, 2.45) is 0 Å². The smallest absolute Gasteiger partial charge is 0.129 e. The van der Waals surface area contributed by atoms with Gasteiger partial charge in [0.1, 0.15) is 5.82 Å². The first-order chi connectivity index (χ1) is 8.22. The van der Waals surface area contributed by atoms with E-state index in [9.17, 15) is 9.50 Å². The lowest BCUT2D eigenvalue weighted by molar-refractivity contribution is 0.108. The number of halogens is 3. The maximum atomic E-state index is 13.8. The molecular formula is C12H17Cl2FN2O. The molecule has 1 aliphatic rings. The summed E-state index contributed by atoms with van der Waals surface area (Å²) in [5.74, 6) is -0.352. The fourth-order valence-electron chi connectivity index (χ4n) is 2.18. The molecule has 0 aromatic heterocycles. The summed E-state index contributed by atoms with van der Waals surface area (Å²) in [6.45, 7) is 3.27. The maximum absolute atomic E-state index is 13.8. The molecule has 2 rings (SSSR count). The average Bonchev–Trinajstić information content (AvgIpc) is 2.34. The van der Waals surface area contributed by atoms with Gasteiger partial charge in [-0.15, -0.1) is 12.4 Å². The number of aliphatic hydroxyl groups excluding tert-OH is 1. The summed E-state index contributed by atoms with van der Waals surface area (Å²) in [5, 5.41) is 13.1. The molecule has 1 aromatic rings. The van der Waals surface area contributed by atoms with Gasteiger partial charge in [-0.3, -0.25) is 4.90 Å². The molecule has 0 spiro atoms. The number of hydrogen-bond acceptors (Lipinski definition) is 3. The number of nitrogens with zero attached hydrogens (tertiary/aromatic N) is 1. The average molecular weight is 295 g/mol. The van der Waals surface area contributed by atoms with Crippen molar-refractivity contribution < 1.29 is 9.50 Å². The number of benzene rings is 1. The predicted octanol–water partition coefficient (Wildman–Crippen LogP) is 1.84. The summed E-state index contributed by atoms with van der Waals surface area (Å²) in [6, 6.07) is 4.32. The molecule has 0 saturated carbocycles. The van der Waals surface area contributed by atoms with Gasteiger partial charge in [0.15, 0.2) is 0 Å². The molecule has 1 aromatic carbocycles. The van der Waals surface area contributed by atoms with Crippen molar-refractivity contribution in [3.63, 3.8) is 0 Å². The van der Waals surface area contributed by atoms with Crippen molar-refractivity contribution in [3.05, 3.63) is 34.6 Å². The molecule has 1 aliphatic heterocycles. The van der Waals surface area contributed by atoms with Gasteiger partial charge in [-0.05, 0) is 12.1 Å². The normalized spacial score (nSPS) is 18.2. The van der Waals surface area contributed by atoms with Crippen LogP contribution in [0.2, 0.25) is 5.02 Å². The maximum Gasteiger partial charge on any atom is 0.129 e. The Morgan fingerprint density at radius 1 is 1.39 bits per heavy atom. The fraction of sp³-hybridized carbons (Fsp3) is 0.500. The minimum atomic E-state index is -0.352. The molecule has 0 unspecified atom stereocenters. The summed E-state index contributed by atoms with van der Waals surface area (Å²) in [6.07, 6.45) is 0. The summed E-state index contributed by atoms with van der Waals surface area (Å²) >= 11 is 5.72. The van der Waals surface area contributed by atoms with Crippen molar-refractivity contribution in [1.29, 1.82) is 0 Å². The van der Waals surface area contributed by atoms with Crippen LogP contribution in [0.5, 0.6) is 0 Å². The third-order valence-corrected chi connectivity index (χ3v) is 3.32. The SMILES string of the molecule is Cl.OC[C@@H](c1ccc(Cl)cc1F)N1CCNCC1. The van der Waals surface area contributed by atoms with Crippen molar-refractivity contribution in [1.82, 2.24) is 10.2 Å². The molecule has 2 N–H and O–H groups in total. The van der Waals surface area contributed by atoms with Crippen LogP contribution >= 0.6 is 24.0 Å². The molecule has 0 radical (unpaired) electrons. The van der Waals surface area contributed by atoms with E-state index in [2.05, 4.69) is 10.2 Å². The zero-order valence-corrected chi connectivity index (χ0v) is 11.5. The van der Waals surface area contributed by atoms with E-state index in [1.165, 1.54) is 6.07 Å². The molecule has 1 heterocycles. The van der Waals surface area contributed by atoms with Crippen LogP contribution < -0.4 is 5.32 Å². The molecule has 1 fully saturated rings. The van der Waals surface area contributed by atoms with Gasteiger partial charge in [-0.1, -0.05) is 17.7 Å². The third-order valence-electron chi connectivity index (χ3n) is 3.09. The van der Waals surface area contributed by atoms with Gasteiger partial charge in [0.2, 0.25) is 0 Å². The van der Waals surface area contributed by atoms with Crippen LogP contribution in [0.3, 0.4) is 0 Å². The zero-order chi connectivity index (χ0) is 12.3. The quantitative estimate of drug-likeness (QED) is 0.893. The number of piperazine rings is 1. The van der Waals surface area contributed by atoms with Crippen LogP contribution in [0.1, 0.15) is 11.6 Å². The second-order valence-corrected chi connectivity index (χ2v) is 4.59. The van der Waals surface area contributed by atoms with Gasteiger partial charge in [-0.2, -0.15) is 0 Å². The highest BCUT2D eigenvalue weighted by Gasteiger charge is 2.23. The minimum absolute atomic E-state index is 0. The van der Waals surface area contributed by atoms with E-state index in [4.69, 9.17) is 11.6 Å². The zero-order valence-electron chi connectivity index (χ0n) is 9.90. The number of aliphatic hydroxyl groups is 1. The Morgan fingerprint density at radius 3 is 2.61 bits per heavy atom. The molecule has 102 valence electrons. The molecule has 0 bridgehead atoms. The minimum Gasteiger partial charge on any atom is -0.394 e. The molecule has 3 nitrogen and oxygen atoms in total. The molecule has 18 heavy (non-hydrogen) atoms. The van der Waals surface area contributed by atoms with E-state index in [1.54, 1.807) is 12.1 Å². The van der Waals surface area contributed by atoms with E-state index in [-0.39, 0.29) is 30.9 Å². The lowest BCUT2D eigenvalue weighted by Gasteiger charge is -2.34. The Morgan fingerprint density at radius 2 is 2.06 bits per heavy atom. The van der Waals surface area contributed by atoms with Crippen molar-refractivity contribution in [2.45, 2.75) is 6.04 Å². The van der Waals surface area contributed by atoms with E-state index < -0.39 is 0 Å². The van der Waals surface area contributed by atoms with Gasteiger partial charge in [-0.25, -0.2) is 4.39 Å². The monoisotopic (exact) mass is 294 g/mol. The highest BCUT2D eigenvalue weighted by molar-refractivity contribution is 6.30. The topological polar surface area (TPSA) is 35.5 Å². The Bertz CT molecular complexity index is 386. The largest absolute Gasteiger partial charge is 0.394 e. The number of rotatable bonds is 3. The van der Waals surface area contributed by atoms with E-state index in [1.807, 2.05) is 0 Å². The lowest BCUT2D eigenvalue weighted by atomic mass is 10.0. The Hall–Kier alpha value is -0.390. The number of nitrogens with one attached hydrogen (secondary N) is 1. The molecule has 0 aliphatic carbocycles. The Kier molecular flexibility index (Phi) is 6.32. The summed E-state index contributed by atoms with van der Waals surface area (Å²) in [7, 11) is 0. The second-order valence-electron chi connectivity index (χ2n) is 4.15. The van der Waals surface area contributed by atoms with E-state index in [0.29, 0.717) is 10.6 Å².